The molecule has 0 saturated carbocycles. The molecule has 0 aromatic heterocycles. The Hall–Kier alpha value is -2.21. The van der Waals surface area contributed by atoms with Crippen LogP contribution < -0.4 is 9.62 Å². The lowest BCUT2D eigenvalue weighted by atomic mass is 10.1. The molecule has 0 bridgehead atoms. The van der Waals surface area contributed by atoms with Crippen LogP contribution in [-0.4, -0.2) is 50.0 Å². The largest absolute Gasteiger partial charge is 0.416 e. The molecule has 0 aliphatic heterocycles. The SMILES string of the molecule is CC[C@@H](C)NC(=O)[C@H](CC)N(Cc1ccc(Cl)c(Cl)c1)C(=O)CN(c1cc(C(F)(F)F)ccc1Cl)S(C)(=O)=O. The smallest absolute Gasteiger partial charge is 0.352 e. The normalized spacial score (nSPS) is 13.5. The number of benzene rings is 2. The van der Waals surface area contributed by atoms with Crippen LogP contribution in [0.25, 0.3) is 0 Å². The predicted octanol–water partition coefficient (Wildman–Crippen LogP) is 6.15. The third-order valence-electron chi connectivity index (χ3n) is 5.95. The Bertz CT molecular complexity index is 1310. The van der Waals surface area contributed by atoms with Crippen molar-refractivity contribution in [1.82, 2.24) is 10.2 Å². The molecule has 0 spiro atoms. The van der Waals surface area contributed by atoms with E-state index in [-0.39, 0.29) is 34.1 Å². The Morgan fingerprint density at radius 1 is 0.974 bits per heavy atom. The van der Waals surface area contributed by atoms with Gasteiger partial charge in [-0.2, -0.15) is 13.2 Å². The van der Waals surface area contributed by atoms with Gasteiger partial charge in [-0.15, -0.1) is 0 Å². The molecule has 0 saturated heterocycles. The van der Waals surface area contributed by atoms with Gasteiger partial charge >= 0.3 is 6.18 Å². The van der Waals surface area contributed by atoms with E-state index in [0.717, 1.165) is 17.2 Å². The van der Waals surface area contributed by atoms with Gasteiger partial charge in [-0.05, 0) is 55.7 Å². The van der Waals surface area contributed by atoms with Crippen LogP contribution in [0.3, 0.4) is 0 Å². The molecule has 7 nitrogen and oxygen atoms in total. The zero-order chi connectivity index (χ0) is 29.7. The molecule has 2 aromatic carbocycles. The van der Waals surface area contributed by atoms with Crippen molar-refractivity contribution in [2.75, 3.05) is 17.1 Å². The number of nitrogens with zero attached hydrogens (tertiary/aromatic N) is 2. The van der Waals surface area contributed by atoms with Crippen molar-refractivity contribution in [3.8, 4) is 0 Å². The third-order valence-corrected chi connectivity index (χ3v) is 8.13. The summed E-state index contributed by atoms with van der Waals surface area (Å²) in [7, 11) is -4.30. The van der Waals surface area contributed by atoms with Crippen LogP contribution in [0.1, 0.15) is 44.7 Å². The van der Waals surface area contributed by atoms with Gasteiger partial charge in [-0.3, -0.25) is 13.9 Å². The first-order valence-electron chi connectivity index (χ1n) is 11.9. The average molecular weight is 631 g/mol. The molecule has 0 radical (unpaired) electrons. The van der Waals surface area contributed by atoms with Gasteiger partial charge in [0.2, 0.25) is 21.8 Å². The fourth-order valence-electron chi connectivity index (χ4n) is 3.67. The van der Waals surface area contributed by atoms with E-state index in [0.29, 0.717) is 28.4 Å². The molecule has 2 aromatic rings. The molecule has 14 heteroatoms. The molecule has 39 heavy (non-hydrogen) atoms. The highest BCUT2D eigenvalue weighted by Crippen LogP contribution is 2.36. The first kappa shape index (κ1) is 33.0. The summed E-state index contributed by atoms with van der Waals surface area (Å²) < 4.78 is 66.0. The number of carbonyl (C=O) groups excluding carboxylic acids is 2. The summed E-state index contributed by atoms with van der Waals surface area (Å²) in [5.74, 6) is -1.31. The van der Waals surface area contributed by atoms with Crippen molar-refractivity contribution >= 4 is 62.3 Å². The zero-order valence-electron chi connectivity index (χ0n) is 21.7. The Morgan fingerprint density at radius 3 is 2.10 bits per heavy atom. The quantitative estimate of drug-likeness (QED) is 0.323. The highest BCUT2D eigenvalue weighted by molar-refractivity contribution is 7.92. The van der Waals surface area contributed by atoms with Crippen LogP contribution in [0.4, 0.5) is 18.9 Å². The number of amides is 2. The highest BCUT2D eigenvalue weighted by atomic mass is 35.5. The van der Waals surface area contributed by atoms with Crippen molar-refractivity contribution in [1.29, 1.82) is 0 Å². The van der Waals surface area contributed by atoms with Crippen LogP contribution in [0.2, 0.25) is 15.1 Å². The van der Waals surface area contributed by atoms with E-state index in [2.05, 4.69) is 5.32 Å². The number of anilines is 1. The number of nitrogens with one attached hydrogen (secondary N) is 1. The monoisotopic (exact) mass is 629 g/mol. The first-order valence-corrected chi connectivity index (χ1v) is 14.9. The summed E-state index contributed by atoms with van der Waals surface area (Å²) in [5, 5.41) is 2.97. The van der Waals surface area contributed by atoms with E-state index in [1.165, 1.54) is 12.1 Å². The standard InChI is InChI=1S/C25H29Cl3F3N3O4S/c1-5-15(3)32-24(36)21(6-2)33(13-16-7-9-18(26)20(28)11-16)23(35)14-34(39(4,37)38)22-12-17(25(29,30)31)8-10-19(22)27/h7-12,15,21H,5-6,13-14H2,1-4H3,(H,32,36)/t15-,21+/m1/s1. The van der Waals surface area contributed by atoms with E-state index in [9.17, 15) is 31.2 Å². The Morgan fingerprint density at radius 2 is 1.59 bits per heavy atom. The van der Waals surface area contributed by atoms with Crippen LogP contribution in [0.5, 0.6) is 0 Å². The van der Waals surface area contributed by atoms with Gasteiger partial charge < -0.3 is 10.2 Å². The van der Waals surface area contributed by atoms with Gasteiger partial charge in [0.05, 0.1) is 32.6 Å². The van der Waals surface area contributed by atoms with E-state index < -0.39 is 51.9 Å². The minimum Gasteiger partial charge on any atom is -0.352 e. The highest BCUT2D eigenvalue weighted by Gasteiger charge is 2.35. The fraction of sp³-hybridized carbons (Fsp3) is 0.440. The predicted molar refractivity (Wildman–Crippen MR) is 148 cm³/mol. The second kappa shape index (κ2) is 13.4. The molecule has 0 aliphatic carbocycles. The van der Waals surface area contributed by atoms with E-state index in [1.807, 2.05) is 6.92 Å². The number of sulfonamides is 1. The van der Waals surface area contributed by atoms with Crippen molar-refractivity contribution in [2.24, 2.45) is 0 Å². The van der Waals surface area contributed by atoms with Gasteiger partial charge in [-0.1, -0.05) is 54.7 Å². The molecule has 0 aliphatic rings. The number of carbonyl (C=O) groups is 2. The maximum atomic E-state index is 13.7. The summed E-state index contributed by atoms with van der Waals surface area (Å²) in [6.07, 6.45) is -3.25. The molecule has 216 valence electrons. The van der Waals surface area contributed by atoms with E-state index in [1.54, 1.807) is 19.9 Å². The van der Waals surface area contributed by atoms with Gasteiger partial charge in [-0.25, -0.2) is 8.42 Å². The second-order valence-corrected chi connectivity index (χ2v) is 12.1. The number of halogens is 6. The summed E-state index contributed by atoms with van der Waals surface area (Å²) in [6, 6.07) is 5.54. The van der Waals surface area contributed by atoms with Gasteiger partial charge in [0.25, 0.3) is 0 Å². The van der Waals surface area contributed by atoms with Crippen molar-refractivity contribution in [3.63, 3.8) is 0 Å². The Balaban J connectivity index is 2.57. The summed E-state index contributed by atoms with van der Waals surface area (Å²) in [5.41, 5.74) is -1.17. The lowest BCUT2D eigenvalue weighted by molar-refractivity contribution is -0.140. The molecular weight excluding hydrogens is 602 g/mol. The molecule has 2 atom stereocenters. The number of rotatable bonds is 11. The van der Waals surface area contributed by atoms with Gasteiger partial charge in [0.15, 0.2) is 0 Å². The average Bonchev–Trinajstić information content (AvgIpc) is 2.83. The van der Waals surface area contributed by atoms with Crippen molar-refractivity contribution in [2.45, 2.75) is 58.4 Å². The van der Waals surface area contributed by atoms with E-state index >= 15 is 0 Å². The topological polar surface area (TPSA) is 86.8 Å². The van der Waals surface area contributed by atoms with Crippen LogP contribution in [0.15, 0.2) is 36.4 Å². The first-order chi connectivity index (χ1) is 18.0. The Kier molecular flexibility index (Phi) is 11.4. The lowest BCUT2D eigenvalue weighted by Gasteiger charge is -2.33. The molecule has 0 fully saturated rings. The zero-order valence-corrected chi connectivity index (χ0v) is 24.7. The third kappa shape index (κ3) is 8.89. The fourth-order valence-corrected chi connectivity index (χ4v) is 5.11. The second-order valence-electron chi connectivity index (χ2n) is 8.95. The van der Waals surface area contributed by atoms with Crippen LogP contribution >= 0.6 is 34.8 Å². The van der Waals surface area contributed by atoms with Crippen molar-refractivity contribution < 1.29 is 31.2 Å². The van der Waals surface area contributed by atoms with Gasteiger partial charge in [0, 0.05) is 12.6 Å². The summed E-state index contributed by atoms with van der Waals surface area (Å²) in [6.45, 7) is 4.27. The molecule has 1 N–H and O–H groups in total. The van der Waals surface area contributed by atoms with Crippen LogP contribution in [-0.2, 0) is 32.3 Å². The minimum atomic E-state index is -4.78. The molecule has 0 unspecified atom stereocenters. The molecule has 2 rings (SSSR count). The summed E-state index contributed by atoms with van der Waals surface area (Å²) >= 11 is 18.2. The summed E-state index contributed by atoms with van der Waals surface area (Å²) in [4.78, 5) is 28.0. The van der Waals surface area contributed by atoms with Gasteiger partial charge in [0.1, 0.15) is 12.6 Å². The maximum absolute atomic E-state index is 13.7. The van der Waals surface area contributed by atoms with E-state index in [4.69, 9.17) is 34.8 Å². The molecular formula is C25H29Cl3F3N3O4S. The number of hydrogen-bond acceptors (Lipinski definition) is 4. The molecule has 2 amide bonds. The number of alkyl halides is 3. The number of hydrogen-bond donors (Lipinski definition) is 1. The van der Waals surface area contributed by atoms with Crippen molar-refractivity contribution in [3.05, 3.63) is 62.6 Å². The maximum Gasteiger partial charge on any atom is 0.416 e. The molecule has 0 heterocycles. The lowest BCUT2D eigenvalue weighted by Crippen LogP contribution is -2.53. The minimum absolute atomic E-state index is 0.157. The Labute approximate surface area is 241 Å². The van der Waals surface area contributed by atoms with Crippen LogP contribution in [0, 0.1) is 0 Å².